The Kier molecular flexibility index (Phi) is 3.29. The van der Waals surface area contributed by atoms with Gasteiger partial charge in [0.2, 0.25) is 0 Å². The minimum Gasteiger partial charge on any atom is -0.506 e. The smallest absolute Gasteiger partial charge is 0.321 e. The second-order valence-electron chi connectivity index (χ2n) is 3.04. The van der Waals surface area contributed by atoms with E-state index in [2.05, 4.69) is 5.32 Å². The lowest BCUT2D eigenvalue weighted by Gasteiger charge is -2.17. The fourth-order valence-corrected chi connectivity index (χ4v) is 1.17. The zero-order chi connectivity index (χ0) is 12.3. The van der Waals surface area contributed by atoms with Gasteiger partial charge in [0.15, 0.2) is 0 Å². The summed E-state index contributed by atoms with van der Waals surface area (Å²) in [6.45, 7) is 0. The Hall–Kier alpha value is -2.31. The molecular formula is C9H11N3O4. The van der Waals surface area contributed by atoms with Crippen LogP contribution < -0.4 is 10.2 Å². The van der Waals surface area contributed by atoms with Crippen molar-refractivity contribution in [1.29, 1.82) is 0 Å². The molecule has 16 heavy (non-hydrogen) atoms. The monoisotopic (exact) mass is 225 g/mol. The van der Waals surface area contributed by atoms with Gasteiger partial charge >= 0.3 is 6.03 Å². The Morgan fingerprint density at radius 2 is 2.19 bits per heavy atom. The van der Waals surface area contributed by atoms with Gasteiger partial charge in [0.25, 0.3) is 5.69 Å². The van der Waals surface area contributed by atoms with Crippen molar-refractivity contribution in [3.05, 3.63) is 28.3 Å². The summed E-state index contributed by atoms with van der Waals surface area (Å²) in [7, 11) is 2.82. The minimum atomic E-state index is -0.597. The number of nitrogens with one attached hydrogen (secondary N) is 1. The van der Waals surface area contributed by atoms with E-state index in [1.54, 1.807) is 0 Å². The van der Waals surface area contributed by atoms with Crippen molar-refractivity contribution < 1.29 is 14.8 Å². The molecule has 0 bridgehead atoms. The van der Waals surface area contributed by atoms with Gasteiger partial charge in [-0.2, -0.15) is 0 Å². The summed E-state index contributed by atoms with van der Waals surface area (Å²) in [5, 5.41) is 22.4. The Morgan fingerprint density at radius 1 is 1.56 bits per heavy atom. The van der Waals surface area contributed by atoms with Gasteiger partial charge in [0, 0.05) is 26.2 Å². The number of rotatable bonds is 2. The fraction of sp³-hybridized carbons (Fsp3) is 0.222. The first-order valence-corrected chi connectivity index (χ1v) is 4.40. The van der Waals surface area contributed by atoms with Gasteiger partial charge in [-0.25, -0.2) is 4.79 Å². The number of anilines is 1. The van der Waals surface area contributed by atoms with Crippen LogP contribution in [0.25, 0.3) is 0 Å². The molecular weight excluding hydrogens is 214 g/mol. The first kappa shape index (κ1) is 11.8. The maximum Gasteiger partial charge on any atom is 0.321 e. The van der Waals surface area contributed by atoms with Crippen molar-refractivity contribution in [2.24, 2.45) is 0 Å². The Morgan fingerprint density at radius 3 is 2.69 bits per heavy atom. The number of carbonyl (C=O) groups excluding carboxylic acids is 1. The molecule has 0 radical (unpaired) electrons. The largest absolute Gasteiger partial charge is 0.506 e. The maximum absolute atomic E-state index is 11.3. The van der Waals surface area contributed by atoms with Gasteiger partial charge in [-0.05, 0) is 6.07 Å². The summed E-state index contributed by atoms with van der Waals surface area (Å²) < 4.78 is 0. The Labute approximate surface area is 91.4 Å². The third kappa shape index (κ3) is 2.19. The van der Waals surface area contributed by atoms with Gasteiger partial charge in [0.1, 0.15) is 5.75 Å². The summed E-state index contributed by atoms with van der Waals surface area (Å²) in [5.41, 5.74) is -0.114. The lowest BCUT2D eigenvalue weighted by molar-refractivity contribution is -0.384. The van der Waals surface area contributed by atoms with Gasteiger partial charge in [-0.1, -0.05) is 0 Å². The van der Waals surface area contributed by atoms with Crippen molar-refractivity contribution in [2.75, 3.05) is 19.0 Å². The third-order valence-corrected chi connectivity index (χ3v) is 2.05. The molecule has 2 amide bonds. The van der Waals surface area contributed by atoms with Crippen LogP contribution in [-0.4, -0.2) is 30.2 Å². The number of nitro groups is 1. The third-order valence-electron chi connectivity index (χ3n) is 2.05. The number of benzene rings is 1. The molecule has 0 aliphatic heterocycles. The van der Waals surface area contributed by atoms with Crippen molar-refractivity contribution in [1.82, 2.24) is 5.32 Å². The van der Waals surface area contributed by atoms with Crippen LogP contribution in [0.5, 0.6) is 5.75 Å². The van der Waals surface area contributed by atoms with Crippen molar-refractivity contribution in [2.45, 2.75) is 0 Å². The maximum atomic E-state index is 11.3. The standard InChI is InChI=1S/C9H11N3O4/c1-10-9(14)11(2)7-5-6(12(15)16)3-4-8(7)13/h3-5,13H,1-2H3,(H,10,14). The number of non-ortho nitro benzene ring substituents is 1. The van der Waals surface area contributed by atoms with Gasteiger partial charge < -0.3 is 10.4 Å². The quantitative estimate of drug-likeness (QED) is 0.581. The van der Waals surface area contributed by atoms with Gasteiger partial charge in [-0.15, -0.1) is 0 Å². The summed E-state index contributed by atoms with van der Waals surface area (Å²) in [6, 6.07) is 2.99. The molecule has 0 saturated carbocycles. The second-order valence-corrected chi connectivity index (χ2v) is 3.04. The average molecular weight is 225 g/mol. The van der Waals surface area contributed by atoms with Crippen LogP contribution in [0.15, 0.2) is 18.2 Å². The Bertz CT molecular complexity index is 433. The molecule has 7 nitrogen and oxygen atoms in total. The molecule has 2 N–H and O–H groups in total. The minimum absolute atomic E-state index is 0.0774. The number of hydrogen-bond acceptors (Lipinski definition) is 4. The molecule has 0 spiro atoms. The van der Waals surface area contributed by atoms with Gasteiger partial charge in [-0.3, -0.25) is 15.0 Å². The average Bonchev–Trinajstić information content (AvgIpc) is 2.27. The summed E-state index contributed by atoms with van der Waals surface area (Å²) in [6.07, 6.45) is 0. The normalized spacial score (nSPS) is 9.62. The summed E-state index contributed by atoms with van der Waals surface area (Å²) in [4.78, 5) is 22.3. The number of phenolic OH excluding ortho intramolecular Hbond substituents is 1. The zero-order valence-corrected chi connectivity index (χ0v) is 8.80. The van der Waals surface area contributed by atoms with E-state index in [-0.39, 0.29) is 17.1 Å². The lowest BCUT2D eigenvalue weighted by atomic mass is 10.2. The number of hydrogen-bond donors (Lipinski definition) is 2. The number of carbonyl (C=O) groups is 1. The molecule has 0 aromatic heterocycles. The molecule has 1 aromatic rings. The molecule has 1 rings (SSSR count). The SMILES string of the molecule is CNC(=O)N(C)c1cc([N+](=O)[O-])ccc1O. The molecule has 0 saturated heterocycles. The highest BCUT2D eigenvalue weighted by Gasteiger charge is 2.17. The molecule has 0 heterocycles. The number of amides is 2. The van der Waals surface area contributed by atoms with Crippen LogP contribution in [0.2, 0.25) is 0 Å². The zero-order valence-electron chi connectivity index (χ0n) is 8.80. The van der Waals surface area contributed by atoms with Crippen LogP contribution in [0.4, 0.5) is 16.2 Å². The topological polar surface area (TPSA) is 95.7 Å². The molecule has 0 aliphatic rings. The van der Waals surface area contributed by atoms with Crippen molar-refractivity contribution in [3.8, 4) is 5.75 Å². The van der Waals surface area contributed by atoms with Crippen molar-refractivity contribution in [3.63, 3.8) is 0 Å². The fourth-order valence-electron chi connectivity index (χ4n) is 1.17. The predicted molar refractivity (Wildman–Crippen MR) is 57.6 cm³/mol. The molecule has 0 unspecified atom stereocenters. The van der Waals surface area contributed by atoms with E-state index in [9.17, 15) is 20.0 Å². The van der Waals surface area contributed by atoms with E-state index >= 15 is 0 Å². The van der Waals surface area contributed by atoms with Crippen LogP contribution in [0, 0.1) is 10.1 Å². The number of phenols is 1. The van der Waals surface area contributed by atoms with E-state index in [0.717, 1.165) is 17.0 Å². The predicted octanol–water partition coefficient (Wildman–Crippen LogP) is 1.08. The van der Waals surface area contributed by atoms with Crippen molar-refractivity contribution >= 4 is 17.4 Å². The highest BCUT2D eigenvalue weighted by molar-refractivity contribution is 5.93. The number of nitrogens with zero attached hydrogens (tertiary/aromatic N) is 2. The first-order valence-electron chi connectivity index (χ1n) is 4.40. The molecule has 0 aliphatic carbocycles. The number of nitro benzene ring substituents is 1. The van der Waals surface area contributed by atoms with Crippen LogP contribution in [0.1, 0.15) is 0 Å². The summed E-state index contributed by atoms with van der Waals surface area (Å²) in [5.74, 6) is -0.197. The van der Waals surface area contributed by atoms with Crippen LogP contribution >= 0.6 is 0 Å². The van der Waals surface area contributed by atoms with E-state index in [0.29, 0.717) is 0 Å². The second kappa shape index (κ2) is 4.47. The summed E-state index contributed by atoms with van der Waals surface area (Å²) >= 11 is 0. The van der Waals surface area contributed by atoms with E-state index in [4.69, 9.17) is 0 Å². The van der Waals surface area contributed by atoms with E-state index in [1.165, 1.54) is 20.2 Å². The molecule has 0 atom stereocenters. The highest BCUT2D eigenvalue weighted by Crippen LogP contribution is 2.30. The first-order chi connectivity index (χ1) is 7.47. The Balaban J connectivity index is 3.16. The highest BCUT2D eigenvalue weighted by atomic mass is 16.6. The van der Waals surface area contributed by atoms with Crippen LogP contribution in [0.3, 0.4) is 0 Å². The molecule has 1 aromatic carbocycles. The molecule has 7 heteroatoms. The van der Waals surface area contributed by atoms with Gasteiger partial charge in [0.05, 0.1) is 10.6 Å². The van der Waals surface area contributed by atoms with E-state index in [1.807, 2.05) is 0 Å². The lowest BCUT2D eigenvalue weighted by Crippen LogP contribution is -2.34. The molecule has 0 fully saturated rings. The molecule has 86 valence electrons. The van der Waals surface area contributed by atoms with E-state index < -0.39 is 11.0 Å². The van der Waals surface area contributed by atoms with Crippen LogP contribution in [-0.2, 0) is 0 Å². The number of urea groups is 1. The number of aromatic hydroxyl groups is 1.